The number of anilines is 1. The van der Waals surface area contributed by atoms with Gasteiger partial charge >= 0.3 is 0 Å². The molecule has 18 heavy (non-hydrogen) atoms. The molecule has 0 aliphatic carbocycles. The Bertz CT molecular complexity index is 432. The third kappa shape index (κ3) is 3.03. The predicted octanol–water partition coefficient (Wildman–Crippen LogP) is 1.78. The first-order chi connectivity index (χ1) is 8.33. The number of aryl methyl sites for hydroxylation is 1. The summed E-state index contributed by atoms with van der Waals surface area (Å²) in [5.74, 6) is -0.0215. The predicted molar refractivity (Wildman–Crippen MR) is 73.2 cm³/mol. The van der Waals surface area contributed by atoms with Crippen molar-refractivity contribution in [3.05, 3.63) is 11.4 Å². The van der Waals surface area contributed by atoms with E-state index in [-0.39, 0.29) is 18.0 Å². The molecule has 1 aromatic rings. The number of aromatic nitrogens is 2. The number of nitrogens with one attached hydrogen (secondary N) is 1. The van der Waals surface area contributed by atoms with Gasteiger partial charge in [0.25, 0.3) is 0 Å². The fraction of sp³-hybridized carbons (Fsp3) is 0.692. The maximum Gasteiger partial charge on any atom is 0.242 e. The van der Waals surface area contributed by atoms with Crippen LogP contribution in [0, 0.1) is 13.8 Å². The van der Waals surface area contributed by atoms with E-state index in [0.29, 0.717) is 5.69 Å². The summed E-state index contributed by atoms with van der Waals surface area (Å²) in [5, 5.41) is 7.32. The molecule has 0 spiro atoms. The molecule has 0 saturated carbocycles. The van der Waals surface area contributed by atoms with Gasteiger partial charge < -0.3 is 11.1 Å². The lowest BCUT2D eigenvalue weighted by Crippen LogP contribution is -2.46. The summed E-state index contributed by atoms with van der Waals surface area (Å²) in [6, 6.07) is 0. The average molecular weight is 252 g/mol. The van der Waals surface area contributed by atoms with Crippen molar-refractivity contribution >= 4 is 11.6 Å². The van der Waals surface area contributed by atoms with Crippen molar-refractivity contribution in [2.45, 2.75) is 59.5 Å². The lowest BCUT2D eigenvalue weighted by atomic mass is 9.95. The van der Waals surface area contributed by atoms with Gasteiger partial charge in [-0.3, -0.25) is 9.48 Å². The molecule has 1 heterocycles. The van der Waals surface area contributed by atoms with E-state index in [1.54, 1.807) is 4.68 Å². The van der Waals surface area contributed by atoms with Crippen LogP contribution in [0.15, 0.2) is 0 Å². The van der Waals surface area contributed by atoms with Gasteiger partial charge in [0.2, 0.25) is 5.91 Å². The highest BCUT2D eigenvalue weighted by Gasteiger charge is 2.22. The number of carbonyl (C=O) groups is 1. The smallest absolute Gasteiger partial charge is 0.242 e. The monoisotopic (exact) mass is 252 g/mol. The topological polar surface area (TPSA) is 72.9 Å². The molecule has 1 rings (SSSR count). The van der Waals surface area contributed by atoms with E-state index in [2.05, 4.69) is 31.2 Å². The minimum Gasteiger partial charge on any atom is -0.396 e. The highest BCUT2D eigenvalue weighted by Crippen LogP contribution is 2.16. The minimum absolute atomic E-state index is 0.0215. The maximum absolute atomic E-state index is 12.0. The van der Waals surface area contributed by atoms with Gasteiger partial charge in [-0.25, -0.2) is 0 Å². The lowest BCUT2D eigenvalue weighted by molar-refractivity contribution is -0.123. The van der Waals surface area contributed by atoms with Crippen LogP contribution in [0.2, 0.25) is 0 Å². The molecule has 1 aromatic heterocycles. The van der Waals surface area contributed by atoms with E-state index in [1.165, 1.54) is 0 Å². The van der Waals surface area contributed by atoms with Crippen molar-refractivity contribution < 1.29 is 4.79 Å². The molecule has 5 heteroatoms. The molecule has 0 unspecified atom stereocenters. The molecule has 1 amide bonds. The lowest BCUT2D eigenvalue weighted by Gasteiger charge is -2.28. The van der Waals surface area contributed by atoms with Crippen LogP contribution in [-0.2, 0) is 11.3 Å². The van der Waals surface area contributed by atoms with Crippen molar-refractivity contribution in [3.8, 4) is 0 Å². The van der Waals surface area contributed by atoms with Crippen molar-refractivity contribution in [2.75, 3.05) is 5.73 Å². The van der Waals surface area contributed by atoms with E-state index in [1.807, 2.05) is 13.8 Å². The molecule has 0 aromatic carbocycles. The summed E-state index contributed by atoms with van der Waals surface area (Å²) in [5.41, 5.74) is 7.98. The van der Waals surface area contributed by atoms with Crippen molar-refractivity contribution in [1.82, 2.24) is 15.1 Å². The Hall–Kier alpha value is -1.52. The van der Waals surface area contributed by atoms with Gasteiger partial charge in [0.05, 0.1) is 17.1 Å². The number of nitrogens with zero attached hydrogens (tertiary/aromatic N) is 2. The number of hydrogen-bond acceptors (Lipinski definition) is 3. The molecule has 0 fully saturated rings. The second-order valence-electron chi connectivity index (χ2n) is 5.06. The second-order valence-corrected chi connectivity index (χ2v) is 5.06. The molecule has 5 nitrogen and oxygen atoms in total. The molecular formula is C13H24N4O. The first-order valence-electron chi connectivity index (χ1n) is 6.43. The zero-order valence-corrected chi connectivity index (χ0v) is 12.0. The van der Waals surface area contributed by atoms with Gasteiger partial charge in [-0.05, 0) is 33.6 Å². The summed E-state index contributed by atoms with van der Waals surface area (Å²) in [4.78, 5) is 12.0. The zero-order valence-electron chi connectivity index (χ0n) is 12.0. The Morgan fingerprint density at radius 2 is 1.94 bits per heavy atom. The molecule has 0 bridgehead atoms. The number of nitrogen functional groups attached to an aromatic ring is 1. The number of carbonyl (C=O) groups excluding carboxylic acids is 1. The van der Waals surface area contributed by atoms with Gasteiger partial charge in [0, 0.05) is 5.54 Å². The number of rotatable bonds is 5. The molecule has 0 aliphatic heterocycles. The largest absolute Gasteiger partial charge is 0.396 e. The third-order valence-corrected chi connectivity index (χ3v) is 3.73. The fourth-order valence-electron chi connectivity index (χ4n) is 1.80. The van der Waals surface area contributed by atoms with Crippen molar-refractivity contribution in [3.63, 3.8) is 0 Å². The fourth-order valence-corrected chi connectivity index (χ4v) is 1.80. The van der Waals surface area contributed by atoms with E-state index in [4.69, 9.17) is 5.73 Å². The van der Waals surface area contributed by atoms with E-state index in [0.717, 1.165) is 24.2 Å². The zero-order chi connectivity index (χ0) is 13.9. The maximum atomic E-state index is 12.0. The standard InChI is InChI=1S/C13H24N4O/c1-6-13(5,7-2)15-11(18)8-17-10(4)12(14)9(3)16-17/h6-8,14H2,1-5H3,(H,15,18). The summed E-state index contributed by atoms with van der Waals surface area (Å²) in [6.45, 7) is 10.1. The first-order valence-corrected chi connectivity index (χ1v) is 6.43. The number of hydrogen-bond donors (Lipinski definition) is 2. The van der Waals surface area contributed by atoms with Crippen LogP contribution in [0.1, 0.15) is 45.0 Å². The van der Waals surface area contributed by atoms with Crippen molar-refractivity contribution in [2.24, 2.45) is 0 Å². The van der Waals surface area contributed by atoms with Crippen LogP contribution in [0.5, 0.6) is 0 Å². The van der Waals surface area contributed by atoms with Crippen LogP contribution < -0.4 is 11.1 Å². The molecule has 102 valence electrons. The molecule has 3 N–H and O–H groups in total. The second kappa shape index (κ2) is 5.42. The summed E-state index contributed by atoms with van der Waals surface area (Å²) in [7, 11) is 0. The highest BCUT2D eigenvalue weighted by molar-refractivity contribution is 5.76. The van der Waals surface area contributed by atoms with E-state index in [9.17, 15) is 4.79 Å². The van der Waals surface area contributed by atoms with Crippen LogP contribution in [-0.4, -0.2) is 21.2 Å². The van der Waals surface area contributed by atoms with Gasteiger partial charge in [-0.15, -0.1) is 0 Å². The summed E-state index contributed by atoms with van der Waals surface area (Å²) < 4.78 is 1.66. The minimum atomic E-state index is -0.140. The molecule has 0 aliphatic rings. The van der Waals surface area contributed by atoms with E-state index < -0.39 is 0 Å². The summed E-state index contributed by atoms with van der Waals surface area (Å²) in [6.07, 6.45) is 1.82. The Morgan fingerprint density at radius 1 is 1.39 bits per heavy atom. The first kappa shape index (κ1) is 14.5. The highest BCUT2D eigenvalue weighted by atomic mass is 16.2. The van der Waals surface area contributed by atoms with Crippen LogP contribution in [0.25, 0.3) is 0 Å². The third-order valence-electron chi connectivity index (χ3n) is 3.73. The molecule has 0 radical (unpaired) electrons. The van der Waals surface area contributed by atoms with Crippen molar-refractivity contribution in [1.29, 1.82) is 0 Å². The van der Waals surface area contributed by atoms with Crippen LogP contribution in [0.4, 0.5) is 5.69 Å². The average Bonchev–Trinajstić information content (AvgIpc) is 2.56. The Balaban J connectivity index is 2.73. The quantitative estimate of drug-likeness (QED) is 0.839. The van der Waals surface area contributed by atoms with Crippen LogP contribution >= 0.6 is 0 Å². The number of nitrogens with two attached hydrogens (primary N) is 1. The molecule has 0 atom stereocenters. The molecular weight excluding hydrogens is 228 g/mol. The Kier molecular flexibility index (Phi) is 4.38. The summed E-state index contributed by atoms with van der Waals surface area (Å²) >= 11 is 0. The SMILES string of the molecule is CCC(C)(CC)NC(=O)Cn1nc(C)c(N)c1C. The molecule has 0 saturated heterocycles. The Labute approximate surface area is 109 Å². The van der Waals surface area contributed by atoms with Gasteiger partial charge in [-0.2, -0.15) is 5.10 Å². The van der Waals surface area contributed by atoms with E-state index >= 15 is 0 Å². The number of amides is 1. The van der Waals surface area contributed by atoms with Gasteiger partial charge in [0.15, 0.2) is 0 Å². The van der Waals surface area contributed by atoms with Gasteiger partial charge in [-0.1, -0.05) is 13.8 Å². The normalized spacial score (nSPS) is 11.6. The Morgan fingerprint density at radius 3 is 2.33 bits per heavy atom. The van der Waals surface area contributed by atoms with Crippen LogP contribution in [0.3, 0.4) is 0 Å². The van der Waals surface area contributed by atoms with Gasteiger partial charge in [0.1, 0.15) is 6.54 Å².